The van der Waals surface area contributed by atoms with Crippen LogP contribution in [-0.2, 0) is 9.53 Å². The number of ether oxygens (including phenoxy) is 1. The molecule has 0 saturated carbocycles. The van der Waals surface area contributed by atoms with Crippen molar-refractivity contribution < 1.29 is 9.53 Å². The van der Waals surface area contributed by atoms with Gasteiger partial charge in [-0.3, -0.25) is 4.79 Å². The number of thioether (sulfide) groups is 1. The lowest BCUT2D eigenvalue weighted by Crippen LogP contribution is -2.17. The Labute approximate surface area is 131 Å². The van der Waals surface area contributed by atoms with Crippen LogP contribution in [0.5, 0.6) is 0 Å². The lowest BCUT2D eigenvalue weighted by Gasteiger charge is -2.13. The molecule has 1 saturated heterocycles. The summed E-state index contributed by atoms with van der Waals surface area (Å²) in [5.41, 5.74) is 0.956. The quantitative estimate of drug-likeness (QED) is 0.665. The van der Waals surface area contributed by atoms with Crippen molar-refractivity contribution in [1.29, 1.82) is 0 Å². The molecule has 2 aliphatic rings. The minimum Gasteiger partial charge on any atom is -0.486 e. The first kappa shape index (κ1) is 13.7. The standard InChI is InChI=1S/C14H10ClNO2S2/c15-10-4-2-1-3-9(10)11-6-5-8(18-11)7-12-13(17)16-14(19)20-12/h1-5,7,11H,6H2,(H,16,17,19)/b12-7-. The smallest absolute Gasteiger partial charge is 0.263 e. The van der Waals surface area contributed by atoms with E-state index in [-0.39, 0.29) is 12.0 Å². The molecule has 1 atom stereocenters. The van der Waals surface area contributed by atoms with Gasteiger partial charge in [0.25, 0.3) is 5.91 Å². The lowest BCUT2D eigenvalue weighted by atomic mass is 10.1. The topological polar surface area (TPSA) is 38.3 Å². The Morgan fingerprint density at radius 2 is 2.25 bits per heavy atom. The molecule has 3 nitrogen and oxygen atoms in total. The van der Waals surface area contributed by atoms with Crippen LogP contribution in [0.4, 0.5) is 0 Å². The van der Waals surface area contributed by atoms with Crippen LogP contribution in [0, 0.1) is 0 Å². The van der Waals surface area contributed by atoms with E-state index in [1.165, 1.54) is 11.8 Å². The van der Waals surface area contributed by atoms with Crippen molar-refractivity contribution in [2.24, 2.45) is 0 Å². The monoisotopic (exact) mass is 323 g/mol. The summed E-state index contributed by atoms with van der Waals surface area (Å²) in [5.74, 6) is 0.503. The Bertz CT molecular complexity index is 654. The highest BCUT2D eigenvalue weighted by atomic mass is 35.5. The van der Waals surface area contributed by atoms with E-state index < -0.39 is 0 Å². The lowest BCUT2D eigenvalue weighted by molar-refractivity contribution is -0.115. The number of carbonyl (C=O) groups excluding carboxylic acids is 1. The summed E-state index contributed by atoms with van der Waals surface area (Å²) < 4.78 is 6.31. The van der Waals surface area contributed by atoms with Crippen LogP contribution in [0.25, 0.3) is 0 Å². The SMILES string of the molecule is O=C1NC(=S)S/C1=C\C1=CCC(c2ccccc2Cl)O1. The molecule has 1 aromatic rings. The fourth-order valence-electron chi connectivity index (χ4n) is 2.05. The third kappa shape index (κ3) is 2.75. The second kappa shape index (κ2) is 5.60. The third-order valence-electron chi connectivity index (χ3n) is 2.98. The van der Waals surface area contributed by atoms with Gasteiger partial charge in [0.05, 0.1) is 4.91 Å². The van der Waals surface area contributed by atoms with Gasteiger partial charge >= 0.3 is 0 Å². The number of hydrogen-bond acceptors (Lipinski definition) is 4. The first-order chi connectivity index (χ1) is 9.63. The van der Waals surface area contributed by atoms with E-state index in [0.717, 1.165) is 12.0 Å². The van der Waals surface area contributed by atoms with Gasteiger partial charge in [0.2, 0.25) is 0 Å². The molecule has 2 heterocycles. The maximum absolute atomic E-state index is 11.6. The van der Waals surface area contributed by atoms with E-state index in [9.17, 15) is 4.79 Å². The number of carbonyl (C=O) groups is 1. The average molecular weight is 324 g/mol. The van der Waals surface area contributed by atoms with Crippen LogP contribution >= 0.6 is 35.6 Å². The number of halogens is 1. The highest BCUT2D eigenvalue weighted by Gasteiger charge is 2.25. The molecule has 3 rings (SSSR count). The van der Waals surface area contributed by atoms with Gasteiger partial charge < -0.3 is 10.1 Å². The fraction of sp³-hybridized carbons (Fsp3) is 0.143. The number of hydrogen-bond donors (Lipinski definition) is 1. The number of nitrogens with one attached hydrogen (secondary N) is 1. The van der Waals surface area contributed by atoms with Crippen LogP contribution in [0.1, 0.15) is 18.1 Å². The zero-order valence-corrected chi connectivity index (χ0v) is 12.6. The molecule has 1 aromatic carbocycles. The zero-order valence-electron chi connectivity index (χ0n) is 10.3. The van der Waals surface area contributed by atoms with E-state index in [0.29, 0.717) is 20.0 Å². The Kier molecular flexibility index (Phi) is 3.83. The third-order valence-corrected chi connectivity index (χ3v) is 4.49. The second-order valence-corrected chi connectivity index (χ2v) is 6.45. The number of benzene rings is 1. The van der Waals surface area contributed by atoms with Crippen LogP contribution in [0.15, 0.2) is 47.1 Å². The van der Waals surface area contributed by atoms with E-state index >= 15 is 0 Å². The summed E-state index contributed by atoms with van der Waals surface area (Å²) in [5, 5.41) is 3.26. The Morgan fingerprint density at radius 1 is 1.45 bits per heavy atom. The van der Waals surface area contributed by atoms with Crippen molar-refractivity contribution in [2.45, 2.75) is 12.5 Å². The predicted molar refractivity (Wildman–Crippen MR) is 84.4 cm³/mol. The molecule has 6 heteroatoms. The maximum atomic E-state index is 11.6. The van der Waals surface area contributed by atoms with Crippen molar-refractivity contribution in [2.75, 3.05) is 0 Å². The molecule has 1 unspecified atom stereocenters. The van der Waals surface area contributed by atoms with E-state index in [1.54, 1.807) is 6.08 Å². The van der Waals surface area contributed by atoms with Gasteiger partial charge in [-0.1, -0.05) is 53.8 Å². The molecule has 20 heavy (non-hydrogen) atoms. The molecule has 0 aromatic heterocycles. The molecule has 0 aliphatic carbocycles. The molecule has 0 radical (unpaired) electrons. The molecule has 1 amide bonds. The van der Waals surface area contributed by atoms with Gasteiger partial charge in [0.15, 0.2) is 0 Å². The molecule has 102 valence electrons. The fourth-order valence-corrected chi connectivity index (χ4v) is 3.34. The van der Waals surface area contributed by atoms with Crippen molar-refractivity contribution in [3.8, 4) is 0 Å². The number of amides is 1. The van der Waals surface area contributed by atoms with Crippen LogP contribution in [0.3, 0.4) is 0 Å². The minimum atomic E-state index is -0.175. The van der Waals surface area contributed by atoms with Crippen molar-refractivity contribution >= 4 is 45.8 Å². The first-order valence-corrected chi connectivity index (χ1v) is 7.60. The van der Waals surface area contributed by atoms with Gasteiger partial charge in [0, 0.05) is 17.0 Å². The summed E-state index contributed by atoms with van der Waals surface area (Å²) in [6.45, 7) is 0. The van der Waals surface area contributed by atoms with Gasteiger partial charge in [-0.25, -0.2) is 0 Å². The molecular formula is C14H10ClNO2S2. The van der Waals surface area contributed by atoms with E-state index in [4.69, 9.17) is 28.6 Å². The minimum absolute atomic E-state index is 0.100. The highest BCUT2D eigenvalue weighted by Crippen LogP contribution is 2.36. The van der Waals surface area contributed by atoms with Gasteiger partial charge in [-0.05, 0) is 18.2 Å². The number of rotatable bonds is 2. The summed E-state index contributed by atoms with van der Waals surface area (Å²) >= 11 is 12.3. The summed E-state index contributed by atoms with van der Waals surface area (Å²) in [6, 6.07) is 7.61. The van der Waals surface area contributed by atoms with Gasteiger partial charge in [0.1, 0.15) is 16.2 Å². The van der Waals surface area contributed by atoms with Crippen LogP contribution < -0.4 is 5.32 Å². The predicted octanol–water partition coefficient (Wildman–Crippen LogP) is 3.72. The Morgan fingerprint density at radius 3 is 2.95 bits per heavy atom. The van der Waals surface area contributed by atoms with Crippen molar-refractivity contribution in [3.05, 3.63) is 57.7 Å². The van der Waals surface area contributed by atoms with Gasteiger partial charge in [-0.2, -0.15) is 0 Å². The molecular weight excluding hydrogens is 314 g/mol. The molecule has 0 spiro atoms. The summed E-state index contributed by atoms with van der Waals surface area (Å²) in [6.07, 6.45) is 4.31. The van der Waals surface area contributed by atoms with E-state index in [2.05, 4.69) is 5.32 Å². The Balaban J connectivity index is 1.74. The highest BCUT2D eigenvalue weighted by molar-refractivity contribution is 8.26. The second-order valence-electron chi connectivity index (χ2n) is 4.32. The van der Waals surface area contributed by atoms with Crippen molar-refractivity contribution in [3.63, 3.8) is 0 Å². The normalized spacial score (nSPS) is 23.8. The maximum Gasteiger partial charge on any atom is 0.263 e. The molecule has 1 fully saturated rings. The number of thiocarbonyl (C=S) groups is 1. The van der Waals surface area contributed by atoms with E-state index in [1.807, 2.05) is 30.3 Å². The first-order valence-electron chi connectivity index (χ1n) is 5.99. The van der Waals surface area contributed by atoms with Crippen molar-refractivity contribution in [1.82, 2.24) is 5.32 Å². The molecule has 2 aliphatic heterocycles. The molecule has 0 bridgehead atoms. The average Bonchev–Trinajstić information content (AvgIpc) is 2.98. The van der Waals surface area contributed by atoms with Crippen LogP contribution in [-0.4, -0.2) is 10.2 Å². The van der Waals surface area contributed by atoms with Gasteiger partial charge in [-0.15, -0.1) is 0 Å². The Hall–Kier alpha value is -1.30. The zero-order chi connectivity index (χ0) is 14.1. The molecule has 1 N–H and O–H groups in total. The number of allylic oxidation sites excluding steroid dienone is 1. The van der Waals surface area contributed by atoms with Crippen LogP contribution in [0.2, 0.25) is 5.02 Å². The summed E-state index contributed by atoms with van der Waals surface area (Å²) in [4.78, 5) is 12.1. The summed E-state index contributed by atoms with van der Waals surface area (Å²) in [7, 11) is 0. The largest absolute Gasteiger partial charge is 0.486 e.